The Morgan fingerprint density at radius 2 is 2.27 bits per heavy atom. The van der Waals surface area contributed by atoms with E-state index in [0.717, 1.165) is 11.3 Å². The summed E-state index contributed by atoms with van der Waals surface area (Å²) in [4.78, 5) is 13.4. The van der Waals surface area contributed by atoms with Gasteiger partial charge in [-0.25, -0.2) is 0 Å². The van der Waals surface area contributed by atoms with Crippen LogP contribution in [-0.2, 0) is 4.79 Å². The maximum Gasteiger partial charge on any atom is 0.244 e. The molecule has 4 heteroatoms. The Morgan fingerprint density at radius 1 is 1.53 bits per heavy atom. The van der Waals surface area contributed by atoms with Gasteiger partial charge in [0.1, 0.15) is 0 Å². The van der Waals surface area contributed by atoms with E-state index in [1.165, 1.54) is 0 Å². The summed E-state index contributed by atoms with van der Waals surface area (Å²) in [5.41, 5.74) is 7.52. The van der Waals surface area contributed by atoms with E-state index >= 15 is 0 Å². The van der Waals surface area contributed by atoms with Crippen molar-refractivity contribution in [3.05, 3.63) is 28.8 Å². The smallest absolute Gasteiger partial charge is 0.244 e. The molecule has 3 nitrogen and oxygen atoms in total. The highest BCUT2D eigenvalue weighted by molar-refractivity contribution is 6.34. The number of anilines is 1. The molecular weight excluding hydrogens is 212 g/mol. The van der Waals surface area contributed by atoms with E-state index in [1.54, 1.807) is 4.90 Å². The van der Waals surface area contributed by atoms with Gasteiger partial charge in [0.15, 0.2) is 0 Å². The van der Waals surface area contributed by atoms with Crippen molar-refractivity contribution in [2.75, 3.05) is 11.4 Å². The highest BCUT2D eigenvalue weighted by Crippen LogP contribution is 2.29. The van der Waals surface area contributed by atoms with Crippen LogP contribution < -0.4 is 10.6 Å². The third-order valence-corrected chi connectivity index (χ3v) is 2.96. The molecule has 1 fully saturated rings. The molecule has 1 aromatic carbocycles. The largest absolute Gasteiger partial charge is 0.320 e. The van der Waals surface area contributed by atoms with E-state index in [2.05, 4.69) is 0 Å². The second-order valence-corrected chi connectivity index (χ2v) is 4.25. The van der Waals surface area contributed by atoms with E-state index in [9.17, 15) is 4.79 Å². The number of benzene rings is 1. The van der Waals surface area contributed by atoms with Gasteiger partial charge < -0.3 is 10.6 Å². The van der Waals surface area contributed by atoms with Gasteiger partial charge in [0.25, 0.3) is 0 Å². The molecule has 1 heterocycles. The van der Waals surface area contributed by atoms with Gasteiger partial charge in [0, 0.05) is 6.54 Å². The Morgan fingerprint density at radius 3 is 2.87 bits per heavy atom. The fourth-order valence-corrected chi connectivity index (χ4v) is 1.99. The second kappa shape index (κ2) is 3.83. The number of hydrogen-bond acceptors (Lipinski definition) is 2. The number of aryl methyl sites for hydroxylation is 1. The van der Waals surface area contributed by atoms with Crippen LogP contribution in [-0.4, -0.2) is 18.5 Å². The molecule has 2 N–H and O–H groups in total. The van der Waals surface area contributed by atoms with Crippen LogP contribution in [0.2, 0.25) is 5.02 Å². The van der Waals surface area contributed by atoms with Gasteiger partial charge in [-0.3, -0.25) is 4.79 Å². The van der Waals surface area contributed by atoms with Crippen LogP contribution in [0.1, 0.15) is 12.0 Å². The summed E-state index contributed by atoms with van der Waals surface area (Å²) in [6, 6.07) is 5.27. The number of carbonyl (C=O) groups is 1. The molecule has 1 aliphatic heterocycles. The molecule has 2 rings (SSSR count). The maximum absolute atomic E-state index is 11.7. The van der Waals surface area contributed by atoms with Crippen LogP contribution in [0.5, 0.6) is 0 Å². The first-order valence-corrected chi connectivity index (χ1v) is 5.30. The van der Waals surface area contributed by atoms with Crippen molar-refractivity contribution in [3.63, 3.8) is 0 Å². The normalized spacial score (nSPS) is 21.1. The molecule has 1 aromatic rings. The minimum Gasteiger partial charge on any atom is -0.320 e. The average Bonchev–Trinajstić information content (AvgIpc) is 2.52. The number of nitrogens with two attached hydrogens (primary N) is 1. The van der Waals surface area contributed by atoms with Gasteiger partial charge in [-0.1, -0.05) is 17.7 Å². The molecule has 15 heavy (non-hydrogen) atoms. The molecule has 1 aliphatic rings. The second-order valence-electron chi connectivity index (χ2n) is 3.84. The Kier molecular flexibility index (Phi) is 2.67. The molecule has 1 unspecified atom stereocenters. The van der Waals surface area contributed by atoms with Crippen molar-refractivity contribution in [1.82, 2.24) is 0 Å². The van der Waals surface area contributed by atoms with Crippen LogP contribution >= 0.6 is 11.6 Å². The number of carbonyl (C=O) groups excluding carboxylic acids is 1. The van der Waals surface area contributed by atoms with Crippen molar-refractivity contribution in [2.45, 2.75) is 19.4 Å². The first-order chi connectivity index (χ1) is 7.09. The van der Waals surface area contributed by atoms with Crippen LogP contribution in [0.15, 0.2) is 18.2 Å². The van der Waals surface area contributed by atoms with Crippen LogP contribution in [0.4, 0.5) is 5.69 Å². The molecule has 0 bridgehead atoms. The fraction of sp³-hybridized carbons (Fsp3) is 0.364. The van der Waals surface area contributed by atoms with Crippen molar-refractivity contribution < 1.29 is 4.79 Å². The van der Waals surface area contributed by atoms with Crippen molar-refractivity contribution in [1.29, 1.82) is 0 Å². The van der Waals surface area contributed by atoms with E-state index in [1.807, 2.05) is 25.1 Å². The lowest BCUT2D eigenvalue weighted by atomic mass is 10.2. The molecule has 0 radical (unpaired) electrons. The van der Waals surface area contributed by atoms with E-state index in [-0.39, 0.29) is 11.9 Å². The van der Waals surface area contributed by atoms with Crippen molar-refractivity contribution in [3.8, 4) is 0 Å². The third kappa shape index (κ3) is 1.85. The lowest BCUT2D eigenvalue weighted by Crippen LogP contribution is -2.34. The van der Waals surface area contributed by atoms with Gasteiger partial charge in [-0.05, 0) is 31.0 Å². The van der Waals surface area contributed by atoms with Gasteiger partial charge in [0.05, 0.1) is 16.8 Å². The minimum absolute atomic E-state index is 0.0394. The number of halogens is 1. The highest BCUT2D eigenvalue weighted by atomic mass is 35.5. The quantitative estimate of drug-likeness (QED) is 0.790. The molecule has 0 spiro atoms. The zero-order valence-corrected chi connectivity index (χ0v) is 9.29. The summed E-state index contributed by atoms with van der Waals surface area (Å²) in [6.45, 7) is 2.63. The van der Waals surface area contributed by atoms with E-state index < -0.39 is 0 Å². The summed E-state index contributed by atoms with van der Waals surface area (Å²) in [5.74, 6) is -0.0394. The van der Waals surface area contributed by atoms with Crippen LogP contribution in [0, 0.1) is 6.92 Å². The van der Waals surface area contributed by atoms with Crippen molar-refractivity contribution in [2.24, 2.45) is 5.73 Å². The molecule has 0 aromatic heterocycles. The molecule has 80 valence electrons. The summed E-state index contributed by atoms with van der Waals surface area (Å²) in [6.07, 6.45) is 0.698. The summed E-state index contributed by atoms with van der Waals surface area (Å²) < 4.78 is 0. The zero-order chi connectivity index (χ0) is 11.0. The molecule has 1 amide bonds. The average molecular weight is 225 g/mol. The number of nitrogens with zero attached hydrogens (tertiary/aromatic N) is 1. The highest BCUT2D eigenvalue weighted by Gasteiger charge is 2.30. The van der Waals surface area contributed by atoms with Gasteiger partial charge in [-0.15, -0.1) is 0 Å². The SMILES string of the molecule is Cc1ccc(Cl)c(N2CCC(N)C2=O)c1. The number of hydrogen-bond donors (Lipinski definition) is 1. The fourth-order valence-electron chi connectivity index (χ4n) is 1.77. The van der Waals surface area contributed by atoms with Crippen LogP contribution in [0.25, 0.3) is 0 Å². The topological polar surface area (TPSA) is 46.3 Å². The first kappa shape index (κ1) is 10.5. The third-order valence-electron chi connectivity index (χ3n) is 2.64. The minimum atomic E-state index is -0.374. The van der Waals surface area contributed by atoms with Gasteiger partial charge in [0.2, 0.25) is 5.91 Å². The lowest BCUT2D eigenvalue weighted by molar-refractivity contribution is -0.118. The molecule has 0 aliphatic carbocycles. The zero-order valence-electron chi connectivity index (χ0n) is 8.53. The Hall–Kier alpha value is -1.06. The van der Waals surface area contributed by atoms with E-state index in [0.29, 0.717) is 18.0 Å². The summed E-state index contributed by atoms with van der Waals surface area (Å²) in [5, 5.41) is 0.600. The standard InChI is InChI=1S/C11H13ClN2O/c1-7-2-3-8(12)10(6-7)14-5-4-9(13)11(14)15/h2-3,6,9H,4-5,13H2,1H3. The number of amides is 1. The Balaban J connectivity index is 2.37. The predicted molar refractivity (Wildman–Crippen MR) is 61.1 cm³/mol. The Labute approximate surface area is 93.8 Å². The summed E-state index contributed by atoms with van der Waals surface area (Å²) >= 11 is 6.05. The molecular formula is C11H13ClN2O. The van der Waals surface area contributed by atoms with Gasteiger partial charge >= 0.3 is 0 Å². The predicted octanol–water partition coefficient (Wildman–Crippen LogP) is 1.71. The first-order valence-electron chi connectivity index (χ1n) is 4.92. The lowest BCUT2D eigenvalue weighted by Gasteiger charge is -2.18. The molecule has 1 saturated heterocycles. The monoisotopic (exact) mass is 224 g/mol. The Bertz CT molecular complexity index is 406. The van der Waals surface area contributed by atoms with E-state index in [4.69, 9.17) is 17.3 Å². The maximum atomic E-state index is 11.7. The van der Waals surface area contributed by atoms with Crippen molar-refractivity contribution >= 4 is 23.2 Å². The summed E-state index contributed by atoms with van der Waals surface area (Å²) in [7, 11) is 0. The molecule has 1 atom stereocenters. The number of rotatable bonds is 1. The molecule has 0 saturated carbocycles. The van der Waals surface area contributed by atoms with Gasteiger partial charge in [-0.2, -0.15) is 0 Å². The van der Waals surface area contributed by atoms with Crippen LogP contribution in [0.3, 0.4) is 0 Å².